The SMILES string of the molecule is CCCCCCC(CCCCC)CC(CCCCC)CCCCCC. The molecule has 0 bridgehead atoms. The van der Waals surface area contributed by atoms with Gasteiger partial charge in [-0.15, -0.1) is 0 Å². The standard InChI is InChI=1S/C25H52/c1-5-9-13-17-21-24(19-15-11-7-3)23-25(20-16-12-8-4)22-18-14-10-6-2/h24-25H,5-23H2,1-4H3. The summed E-state index contributed by atoms with van der Waals surface area (Å²) in [6.07, 6.45) is 27.8. The highest BCUT2D eigenvalue weighted by Gasteiger charge is 2.16. The van der Waals surface area contributed by atoms with Crippen LogP contribution in [0.2, 0.25) is 0 Å². The molecule has 0 aliphatic rings. The highest BCUT2D eigenvalue weighted by atomic mass is 14.2. The summed E-state index contributed by atoms with van der Waals surface area (Å²) < 4.78 is 0. The maximum atomic E-state index is 2.34. The zero-order valence-corrected chi connectivity index (χ0v) is 18.6. The molecule has 152 valence electrons. The molecule has 0 amide bonds. The summed E-state index contributed by atoms with van der Waals surface area (Å²) >= 11 is 0. The highest BCUT2D eigenvalue weighted by Crippen LogP contribution is 2.30. The van der Waals surface area contributed by atoms with Crippen molar-refractivity contribution in [2.45, 2.75) is 150 Å². The Hall–Kier alpha value is 0. The van der Waals surface area contributed by atoms with Crippen molar-refractivity contribution in [2.24, 2.45) is 11.8 Å². The predicted molar refractivity (Wildman–Crippen MR) is 117 cm³/mol. The lowest BCUT2D eigenvalue weighted by Crippen LogP contribution is -2.10. The Bertz CT molecular complexity index is 208. The maximum absolute atomic E-state index is 2.34. The minimum Gasteiger partial charge on any atom is -0.0654 e. The molecular weight excluding hydrogens is 300 g/mol. The van der Waals surface area contributed by atoms with E-state index in [0.29, 0.717) is 0 Å². The van der Waals surface area contributed by atoms with E-state index in [1.165, 1.54) is 116 Å². The zero-order valence-electron chi connectivity index (χ0n) is 18.6. The molecule has 0 aromatic carbocycles. The molecule has 0 radical (unpaired) electrons. The lowest BCUT2D eigenvalue weighted by atomic mass is 9.82. The molecule has 0 saturated heterocycles. The molecule has 0 heterocycles. The van der Waals surface area contributed by atoms with Gasteiger partial charge in [-0.05, 0) is 18.3 Å². The molecule has 0 fully saturated rings. The van der Waals surface area contributed by atoms with Gasteiger partial charge in [-0.3, -0.25) is 0 Å². The molecule has 2 unspecified atom stereocenters. The van der Waals surface area contributed by atoms with Crippen LogP contribution < -0.4 is 0 Å². The van der Waals surface area contributed by atoms with Gasteiger partial charge in [0.2, 0.25) is 0 Å². The molecule has 0 aliphatic heterocycles. The average Bonchev–Trinajstić information content (AvgIpc) is 2.62. The Morgan fingerprint density at radius 1 is 0.360 bits per heavy atom. The molecule has 0 saturated carbocycles. The molecule has 25 heavy (non-hydrogen) atoms. The van der Waals surface area contributed by atoms with Crippen LogP contribution in [-0.2, 0) is 0 Å². The van der Waals surface area contributed by atoms with Crippen molar-refractivity contribution in [1.29, 1.82) is 0 Å². The Balaban J connectivity index is 4.36. The van der Waals surface area contributed by atoms with Crippen LogP contribution >= 0.6 is 0 Å². The molecule has 0 rings (SSSR count). The van der Waals surface area contributed by atoms with E-state index < -0.39 is 0 Å². The predicted octanol–water partition coefficient (Wildman–Crippen LogP) is 9.71. The van der Waals surface area contributed by atoms with E-state index in [4.69, 9.17) is 0 Å². The summed E-state index contributed by atoms with van der Waals surface area (Å²) in [5.74, 6) is 2.06. The molecule has 0 N–H and O–H groups in total. The Kier molecular flexibility index (Phi) is 20.3. The minimum atomic E-state index is 1.03. The van der Waals surface area contributed by atoms with Crippen LogP contribution in [0.5, 0.6) is 0 Å². The topological polar surface area (TPSA) is 0 Å². The van der Waals surface area contributed by atoms with Gasteiger partial charge in [-0.25, -0.2) is 0 Å². The quantitative estimate of drug-likeness (QED) is 0.191. The van der Waals surface area contributed by atoms with E-state index in [0.717, 1.165) is 11.8 Å². The van der Waals surface area contributed by atoms with Crippen LogP contribution in [0.4, 0.5) is 0 Å². The number of hydrogen-bond acceptors (Lipinski definition) is 0. The van der Waals surface area contributed by atoms with Crippen molar-refractivity contribution in [2.75, 3.05) is 0 Å². The molecule has 2 atom stereocenters. The second-order valence-electron chi connectivity index (χ2n) is 8.66. The first kappa shape index (κ1) is 25.0. The lowest BCUT2D eigenvalue weighted by molar-refractivity contribution is 0.283. The van der Waals surface area contributed by atoms with Gasteiger partial charge in [0, 0.05) is 0 Å². The van der Waals surface area contributed by atoms with Crippen LogP contribution in [0, 0.1) is 11.8 Å². The Morgan fingerprint density at radius 2 is 0.640 bits per heavy atom. The van der Waals surface area contributed by atoms with E-state index >= 15 is 0 Å². The van der Waals surface area contributed by atoms with Gasteiger partial charge in [-0.2, -0.15) is 0 Å². The van der Waals surface area contributed by atoms with Crippen LogP contribution in [0.1, 0.15) is 150 Å². The minimum absolute atomic E-state index is 1.03. The van der Waals surface area contributed by atoms with Crippen molar-refractivity contribution >= 4 is 0 Å². The van der Waals surface area contributed by atoms with Crippen molar-refractivity contribution in [3.63, 3.8) is 0 Å². The van der Waals surface area contributed by atoms with E-state index in [1.807, 2.05) is 0 Å². The summed E-state index contributed by atoms with van der Waals surface area (Å²) in [6, 6.07) is 0. The van der Waals surface area contributed by atoms with Crippen LogP contribution in [0.25, 0.3) is 0 Å². The fraction of sp³-hybridized carbons (Fsp3) is 1.00. The third kappa shape index (κ3) is 17.2. The summed E-state index contributed by atoms with van der Waals surface area (Å²) in [6.45, 7) is 9.35. The maximum Gasteiger partial charge on any atom is -0.0412 e. The van der Waals surface area contributed by atoms with Crippen molar-refractivity contribution < 1.29 is 0 Å². The molecule has 0 aromatic rings. The van der Waals surface area contributed by atoms with Gasteiger partial charge < -0.3 is 0 Å². The van der Waals surface area contributed by atoms with E-state index in [1.54, 1.807) is 6.42 Å². The molecule has 0 aliphatic carbocycles. The van der Waals surface area contributed by atoms with Gasteiger partial charge in [0.05, 0.1) is 0 Å². The normalized spacial score (nSPS) is 13.9. The van der Waals surface area contributed by atoms with Crippen LogP contribution in [-0.4, -0.2) is 0 Å². The third-order valence-corrected chi connectivity index (χ3v) is 6.03. The Labute approximate surface area is 161 Å². The van der Waals surface area contributed by atoms with Gasteiger partial charge in [0.1, 0.15) is 0 Å². The zero-order chi connectivity index (χ0) is 18.6. The largest absolute Gasteiger partial charge is 0.0654 e. The van der Waals surface area contributed by atoms with Crippen molar-refractivity contribution in [3.05, 3.63) is 0 Å². The van der Waals surface area contributed by atoms with Crippen molar-refractivity contribution in [1.82, 2.24) is 0 Å². The van der Waals surface area contributed by atoms with Crippen LogP contribution in [0.15, 0.2) is 0 Å². The summed E-state index contributed by atoms with van der Waals surface area (Å²) in [5, 5.41) is 0. The molecule has 0 nitrogen and oxygen atoms in total. The first-order valence-electron chi connectivity index (χ1n) is 12.3. The fourth-order valence-electron chi connectivity index (χ4n) is 4.32. The van der Waals surface area contributed by atoms with Gasteiger partial charge >= 0.3 is 0 Å². The summed E-state index contributed by atoms with van der Waals surface area (Å²) in [4.78, 5) is 0. The van der Waals surface area contributed by atoms with Gasteiger partial charge in [-0.1, -0.05) is 143 Å². The lowest BCUT2D eigenvalue weighted by Gasteiger charge is -2.24. The number of hydrogen-bond donors (Lipinski definition) is 0. The van der Waals surface area contributed by atoms with Crippen molar-refractivity contribution in [3.8, 4) is 0 Å². The highest BCUT2D eigenvalue weighted by molar-refractivity contribution is 4.69. The fourth-order valence-corrected chi connectivity index (χ4v) is 4.32. The van der Waals surface area contributed by atoms with Gasteiger partial charge in [0.15, 0.2) is 0 Å². The number of unbranched alkanes of at least 4 members (excludes halogenated alkanes) is 10. The summed E-state index contributed by atoms with van der Waals surface area (Å²) in [7, 11) is 0. The smallest absolute Gasteiger partial charge is 0.0412 e. The first-order valence-corrected chi connectivity index (χ1v) is 12.3. The first-order chi connectivity index (χ1) is 12.3. The number of rotatable bonds is 20. The average molecular weight is 353 g/mol. The molecule has 0 spiro atoms. The summed E-state index contributed by atoms with van der Waals surface area (Å²) in [5.41, 5.74) is 0. The second-order valence-corrected chi connectivity index (χ2v) is 8.66. The van der Waals surface area contributed by atoms with E-state index in [2.05, 4.69) is 27.7 Å². The van der Waals surface area contributed by atoms with E-state index in [-0.39, 0.29) is 0 Å². The van der Waals surface area contributed by atoms with E-state index in [9.17, 15) is 0 Å². The molecular formula is C25H52. The third-order valence-electron chi connectivity index (χ3n) is 6.03. The Morgan fingerprint density at radius 3 is 0.960 bits per heavy atom. The molecule has 0 heteroatoms. The second kappa shape index (κ2) is 20.3. The monoisotopic (exact) mass is 352 g/mol. The van der Waals surface area contributed by atoms with Crippen LogP contribution in [0.3, 0.4) is 0 Å². The molecule has 0 aromatic heterocycles. The van der Waals surface area contributed by atoms with Gasteiger partial charge in [0.25, 0.3) is 0 Å².